The van der Waals surface area contributed by atoms with Gasteiger partial charge in [0.05, 0.1) is 19.5 Å². The monoisotopic (exact) mass is 466 g/mol. The van der Waals surface area contributed by atoms with E-state index in [9.17, 15) is 18.3 Å². The lowest BCUT2D eigenvalue weighted by Gasteiger charge is -2.56. The van der Waals surface area contributed by atoms with Crippen LogP contribution < -0.4 is 14.8 Å². The van der Waals surface area contributed by atoms with Crippen LogP contribution in [0, 0.1) is 29.1 Å². The van der Waals surface area contributed by atoms with Crippen molar-refractivity contribution >= 4 is 15.9 Å². The van der Waals surface area contributed by atoms with Gasteiger partial charge in [0.25, 0.3) is 0 Å². The van der Waals surface area contributed by atoms with E-state index in [1.807, 2.05) is 38.1 Å². The first-order valence-electron chi connectivity index (χ1n) is 11.5. The molecule has 0 unspecified atom stereocenters. The van der Waals surface area contributed by atoms with Crippen LogP contribution in [0.2, 0.25) is 0 Å². The van der Waals surface area contributed by atoms with Crippen LogP contribution >= 0.6 is 0 Å². The molecule has 3 N–H and O–H groups in total. The second-order valence-electron chi connectivity index (χ2n) is 10.1. The quantitative estimate of drug-likeness (QED) is 0.573. The molecule has 180 valence electrons. The van der Waals surface area contributed by atoms with E-state index in [1.165, 1.54) is 6.26 Å². The highest BCUT2D eigenvalue weighted by Gasteiger charge is 2.53. The Morgan fingerprint density at radius 2 is 1.88 bits per heavy atom. The first kappa shape index (κ1) is 25.0. The summed E-state index contributed by atoms with van der Waals surface area (Å²) in [7, 11) is -1.70. The smallest absolute Gasteiger partial charge is 0.223 e. The maximum absolute atomic E-state index is 12.9. The lowest BCUT2D eigenvalue weighted by Crippen LogP contribution is -2.58. The molecule has 0 heterocycles. The molecule has 1 amide bonds. The van der Waals surface area contributed by atoms with Crippen LogP contribution in [0.5, 0.6) is 5.75 Å². The molecule has 2 saturated carbocycles. The first-order valence-corrected chi connectivity index (χ1v) is 13.4. The average Bonchev–Trinajstić information content (AvgIpc) is 2.73. The number of aliphatic hydroxyl groups excluding tert-OH is 1. The number of fused-ring (bicyclic) bond motifs is 1. The summed E-state index contributed by atoms with van der Waals surface area (Å²) >= 11 is 0. The summed E-state index contributed by atoms with van der Waals surface area (Å²) in [4.78, 5) is 12.9. The lowest BCUT2D eigenvalue weighted by molar-refractivity contribution is -0.141. The third-order valence-electron chi connectivity index (χ3n) is 7.93. The lowest BCUT2D eigenvalue weighted by atomic mass is 9.52. The summed E-state index contributed by atoms with van der Waals surface area (Å²) in [6, 6.07) is 7.38. The minimum atomic E-state index is -3.32. The topological polar surface area (TPSA) is 105 Å². The van der Waals surface area contributed by atoms with E-state index in [1.54, 1.807) is 7.11 Å². The van der Waals surface area contributed by atoms with Gasteiger partial charge in [-0.2, -0.15) is 0 Å². The van der Waals surface area contributed by atoms with Crippen molar-refractivity contribution in [2.45, 2.75) is 65.1 Å². The number of sulfonamides is 1. The van der Waals surface area contributed by atoms with E-state index in [4.69, 9.17) is 4.74 Å². The van der Waals surface area contributed by atoms with Gasteiger partial charge >= 0.3 is 0 Å². The zero-order valence-electron chi connectivity index (χ0n) is 19.8. The number of benzene rings is 1. The van der Waals surface area contributed by atoms with E-state index >= 15 is 0 Å². The summed E-state index contributed by atoms with van der Waals surface area (Å²) < 4.78 is 31.6. The van der Waals surface area contributed by atoms with Crippen LogP contribution in [-0.4, -0.2) is 44.9 Å². The summed E-state index contributed by atoms with van der Waals surface area (Å²) in [5, 5.41) is 14.4. The fourth-order valence-electron chi connectivity index (χ4n) is 6.02. The van der Waals surface area contributed by atoms with Crippen molar-refractivity contribution in [1.29, 1.82) is 0 Å². The maximum atomic E-state index is 12.9. The molecule has 8 heteroatoms. The fourth-order valence-corrected chi connectivity index (χ4v) is 6.91. The van der Waals surface area contributed by atoms with Gasteiger partial charge in [0.2, 0.25) is 15.9 Å². The van der Waals surface area contributed by atoms with Crippen LogP contribution in [0.4, 0.5) is 0 Å². The van der Waals surface area contributed by atoms with Crippen LogP contribution in [0.15, 0.2) is 24.3 Å². The van der Waals surface area contributed by atoms with Gasteiger partial charge in [0, 0.05) is 18.5 Å². The Hall–Kier alpha value is -1.64. The number of amides is 1. The number of carbonyl (C=O) groups is 1. The molecule has 2 aliphatic carbocycles. The van der Waals surface area contributed by atoms with Crippen LogP contribution in [0.25, 0.3) is 0 Å². The Kier molecular flexibility index (Phi) is 7.57. The van der Waals surface area contributed by atoms with Gasteiger partial charge in [-0.05, 0) is 66.5 Å². The van der Waals surface area contributed by atoms with E-state index < -0.39 is 16.1 Å². The number of aliphatic hydroxyl groups is 1. The highest BCUT2D eigenvalue weighted by molar-refractivity contribution is 7.88. The molecule has 7 nitrogen and oxygen atoms in total. The molecule has 2 aliphatic rings. The van der Waals surface area contributed by atoms with E-state index in [0.717, 1.165) is 37.0 Å². The van der Waals surface area contributed by atoms with Gasteiger partial charge in [-0.1, -0.05) is 32.9 Å². The number of hydrogen-bond donors (Lipinski definition) is 3. The Bertz CT molecular complexity index is 903. The van der Waals surface area contributed by atoms with Gasteiger partial charge < -0.3 is 15.2 Å². The largest absolute Gasteiger partial charge is 0.497 e. The summed E-state index contributed by atoms with van der Waals surface area (Å²) in [5.74, 6) is 0.170. The number of carbonyl (C=O) groups excluding carboxylic acids is 1. The molecular weight excluding hydrogens is 428 g/mol. The van der Waals surface area contributed by atoms with Crippen molar-refractivity contribution in [2.75, 3.05) is 13.4 Å². The van der Waals surface area contributed by atoms with Crippen molar-refractivity contribution in [3.8, 4) is 5.75 Å². The molecule has 0 bridgehead atoms. The summed E-state index contributed by atoms with van der Waals surface area (Å²) in [5.41, 5.74) is 0.948. The van der Waals surface area contributed by atoms with Crippen LogP contribution in [0.3, 0.4) is 0 Å². The van der Waals surface area contributed by atoms with Gasteiger partial charge in [-0.25, -0.2) is 13.1 Å². The molecule has 1 aromatic rings. The van der Waals surface area contributed by atoms with Crippen LogP contribution in [-0.2, 0) is 21.4 Å². The molecule has 32 heavy (non-hydrogen) atoms. The van der Waals surface area contributed by atoms with Crippen molar-refractivity contribution < 1.29 is 23.1 Å². The fraction of sp³-hybridized carbons (Fsp3) is 0.708. The highest BCUT2D eigenvalue weighted by Crippen LogP contribution is 2.55. The number of ether oxygens (including phenoxy) is 1. The zero-order chi connectivity index (χ0) is 23.7. The molecule has 0 spiro atoms. The maximum Gasteiger partial charge on any atom is 0.223 e. The Labute approximate surface area is 192 Å². The van der Waals surface area contributed by atoms with Crippen molar-refractivity contribution in [3.05, 3.63) is 29.8 Å². The molecule has 7 atom stereocenters. The second-order valence-corrected chi connectivity index (χ2v) is 11.9. The third kappa shape index (κ3) is 5.46. The normalized spacial score (nSPS) is 33.8. The molecule has 0 saturated heterocycles. The minimum Gasteiger partial charge on any atom is -0.497 e. The van der Waals surface area contributed by atoms with E-state index in [-0.39, 0.29) is 41.0 Å². The Balaban J connectivity index is 1.66. The van der Waals surface area contributed by atoms with E-state index in [0.29, 0.717) is 6.54 Å². The zero-order valence-corrected chi connectivity index (χ0v) is 20.6. The molecule has 0 radical (unpaired) electrons. The number of methoxy groups -OCH3 is 1. The Morgan fingerprint density at radius 3 is 2.47 bits per heavy atom. The minimum absolute atomic E-state index is 0.00386. The predicted molar refractivity (Wildman–Crippen MR) is 124 cm³/mol. The van der Waals surface area contributed by atoms with Crippen LogP contribution in [0.1, 0.15) is 52.0 Å². The van der Waals surface area contributed by atoms with Crippen molar-refractivity contribution in [2.24, 2.45) is 29.1 Å². The summed E-state index contributed by atoms with van der Waals surface area (Å²) in [6.45, 7) is 6.55. The number of hydrogen-bond acceptors (Lipinski definition) is 5. The van der Waals surface area contributed by atoms with E-state index in [2.05, 4.69) is 17.0 Å². The molecule has 3 rings (SSSR count). The standard InChI is InChI=1S/C24H38N2O5S/c1-15(23(28)25-14-17-6-8-18(31-4)9-7-17)19-10-12-24(3)13-11-20(26-32(5,29)30)16(2)21(24)22(19)27/h6-9,15-16,19-22,26-27H,10-14H2,1-5H3,(H,25,28)/t15-,16+,19+,20-,21+,22-,24-/m0/s1. The molecular formula is C24H38N2O5S. The predicted octanol–water partition coefficient (Wildman–Crippen LogP) is 2.69. The highest BCUT2D eigenvalue weighted by atomic mass is 32.2. The summed E-state index contributed by atoms with van der Waals surface area (Å²) in [6.07, 6.45) is 3.92. The molecule has 0 aliphatic heterocycles. The molecule has 2 fully saturated rings. The van der Waals surface area contributed by atoms with Crippen molar-refractivity contribution in [3.63, 3.8) is 0 Å². The van der Waals surface area contributed by atoms with Gasteiger partial charge in [0.1, 0.15) is 5.75 Å². The number of rotatable bonds is 7. The first-order chi connectivity index (χ1) is 14.9. The van der Waals surface area contributed by atoms with Crippen molar-refractivity contribution in [1.82, 2.24) is 10.0 Å². The SMILES string of the molecule is COc1ccc(CNC(=O)[C@@H](C)[C@H]2CC[C@@]3(C)CC[C@H](NS(C)(=O)=O)[C@@H](C)[C@@H]3[C@H]2O)cc1. The number of nitrogens with one attached hydrogen (secondary N) is 2. The molecule has 1 aromatic carbocycles. The second kappa shape index (κ2) is 9.69. The van der Waals surface area contributed by atoms with Gasteiger partial charge in [0.15, 0.2) is 0 Å². The third-order valence-corrected chi connectivity index (χ3v) is 8.67. The Morgan fingerprint density at radius 1 is 1.25 bits per heavy atom. The van der Waals surface area contributed by atoms with Gasteiger partial charge in [-0.15, -0.1) is 0 Å². The van der Waals surface area contributed by atoms with Gasteiger partial charge in [-0.3, -0.25) is 4.79 Å². The average molecular weight is 467 g/mol. The molecule has 0 aromatic heterocycles.